The van der Waals surface area contributed by atoms with Crippen molar-refractivity contribution in [2.24, 2.45) is 0 Å². The van der Waals surface area contributed by atoms with E-state index in [1.807, 2.05) is 0 Å². The molecule has 5 nitrogen and oxygen atoms in total. The highest BCUT2D eigenvalue weighted by Crippen LogP contribution is 2.39. The van der Waals surface area contributed by atoms with Gasteiger partial charge in [-0.2, -0.15) is 0 Å². The molecule has 0 bridgehead atoms. The molecule has 1 saturated heterocycles. The lowest BCUT2D eigenvalue weighted by Crippen LogP contribution is -2.68. The molecule has 2 N–H and O–H groups in total. The first-order chi connectivity index (χ1) is 10.0. The summed E-state index contributed by atoms with van der Waals surface area (Å²) in [4.78, 5) is 26.8. The number of nitrogens with one attached hydrogen (secondary N) is 1. The van der Waals surface area contributed by atoms with E-state index in [1.165, 1.54) is 0 Å². The van der Waals surface area contributed by atoms with Gasteiger partial charge in [0.05, 0.1) is 0 Å². The predicted octanol–water partition coefficient (Wildman–Crippen LogP) is 1.55. The smallest absolute Gasteiger partial charge is 0.246 e. The minimum atomic E-state index is -0.679. The van der Waals surface area contributed by atoms with Gasteiger partial charge in [-0.05, 0) is 37.5 Å². The van der Waals surface area contributed by atoms with Crippen molar-refractivity contribution in [2.45, 2.75) is 50.7 Å². The Labute approximate surface area is 123 Å². The summed E-state index contributed by atoms with van der Waals surface area (Å²) in [5.41, 5.74) is 0.246. The van der Waals surface area contributed by atoms with Gasteiger partial charge in [0.2, 0.25) is 11.8 Å². The molecule has 1 atom stereocenters. The molecule has 3 rings (SSSR count). The van der Waals surface area contributed by atoms with Crippen molar-refractivity contribution in [1.29, 1.82) is 0 Å². The minimum Gasteiger partial charge on any atom is -0.508 e. The lowest BCUT2D eigenvalue weighted by Gasteiger charge is -2.45. The van der Waals surface area contributed by atoms with Gasteiger partial charge in [0.25, 0.3) is 0 Å². The van der Waals surface area contributed by atoms with E-state index in [4.69, 9.17) is 0 Å². The molecule has 0 radical (unpaired) electrons. The topological polar surface area (TPSA) is 69.6 Å². The lowest BCUT2D eigenvalue weighted by molar-refractivity contribution is -0.157. The number of amides is 2. The summed E-state index contributed by atoms with van der Waals surface area (Å²) in [5, 5.41) is 12.2. The Hall–Kier alpha value is -2.04. The van der Waals surface area contributed by atoms with Crippen LogP contribution in [0.5, 0.6) is 5.75 Å². The fourth-order valence-electron chi connectivity index (χ4n) is 3.43. The van der Waals surface area contributed by atoms with Crippen LogP contribution in [0.2, 0.25) is 0 Å². The van der Waals surface area contributed by atoms with Gasteiger partial charge >= 0.3 is 0 Å². The Morgan fingerprint density at radius 1 is 1.24 bits per heavy atom. The van der Waals surface area contributed by atoms with E-state index in [0.717, 1.165) is 31.2 Å². The number of rotatable bonds is 2. The van der Waals surface area contributed by atoms with Gasteiger partial charge in [-0.3, -0.25) is 9.59 Å². The van der Waals surface area contributed by atoms with Crippen molar-refractivity contribution >= 4 is 11.8 Å². The molecule has 0 aromatic heterocycles. The number of phenolic OH excluding ortho intramolecular Hbond substituents is 1. The Bertz CT molecular complexity index is 561. The number of hydrogen-bond donors (Lipinski definition) is 2. The van der Waals surface area contributed by atoms with Gasteiger partial charge in [-0.25, -0.2) is 0 Å². The fraction of sp³-hybridized carbons (Fsp3) is 0.500. The van der Waals surface area contributed by atoms with Crippen LogP contribution in [-0.2, 0) is 16.1 Å². The second-order valence-corrected chi connectivity index (χ2v) is 6.02. The van der Waals surface area contributed by atoms with Gasteiger partial charge in [0.1, 0.15) is 17.3 Å². The zero-order valence-corrected chi connectivity index (χ0v) is 12.1. The van der Waals surface area contributed by atoms with Crippen LogP contribution in [-0.4, -0.2) is 33.4 Å². The molecule has 1 aliphatic carbocycles. The number of benzene rings is 1. The third kappa shape index (κ3) is 2.26. The van der Waals surface area contributed by atoms with Crippen LogP contribution in [0.15, 0.2) is 24.3 Å². The van der Waals surface area contributed by atoms with Crippen molar-refractivity contribution in [3.05, 3.63) is 29.8 Å². The average Bonchev–Trinajstić information content (AvgIpc) is 2.95. The first kappa shape index (κ1) is 13.9. The third-order valence-electron chi connectivity index (χ3n) is 4.63. The van der Waals surface area contributed by atoms with E-state index in [-0.39, 0.29) is 17.6 Å². The third-order valence-corrected chi connectivity index (χ3v) is 4.63. The van der Waals surface area contributed by atoms with Crippen molar-refractivity contribution < 1.29 is 14.7 Å². The quantitative estimate of drug-likeness (QED) is 0.867. The van der Waals surface area contributed by atoms with Crippen LogP contribution in [0.3, 0.4) is 0 Å². The zero-order valence-electron chi connectivity index (χ0n) is 12.1. The number of hydrogen-bond acceptors (Lipinski definition) is 3. The first-order valence-corrected chi connectivity index (χ1v) is 7.43. The highest BCUT2D eigenvalue weighted by atomic mass is 16.3. The van der Waals surface area contributed by atoms with Crippen molar-refractivity contribution in [3.63, 3.8) is 0 Å². The SMILES string of the molecule is CC1NC(=O)C2(CCCC2)N(Cc2ccc(O)cc2)C1=O. The van der Waals surface area contributed by atoms with Crippen LogP contribution < -0.4 is 5.32 Å². The second kappa shape index (κ2) is 5.06. The summed E-state index contributed by atoms with van der Waals surface area (Å²) in [6, 6.07) is 6.33. The summed E-state index contributed by atoms with van der Waals surface area (Å²) in [6.07, 6.45) is 3.41. The second-order valence-electron chi connectivity index (χ2n) is 6.02. The van der Waals surface area contributed by atoms with Crippen molar-refractivity contribution in [3.8, 4) is 5.75 Å². The minimum absolute atomic E-state index is 0.0223. The molecule has 112 valence electrons. The molecule has 1 aromatic carbocycles. The van der Waals surface area contributed by atoms with E-state index >= 15 is 0 Å². The summed E-state index contributed by atoms with van der Waals surface area (Å²) >= 11 is 0. The maximum absolute atomic E-state index is 12.6. The van der Waals surface area contributed by atoms with Gasteiger partial charge < -0.3 is 15.3 Å². The molecule has 2 amide bonds. The molecule has 1 aliphatic heterocycles. The van der Waals surface area contributed by atoms with Crippen molar-refractivity contribution in [2.75, 3.05) is 0 Å². The molecule has 5 heteroatoms. The fourth-order valence-corrected chi connectivity index (χ4v) is 3.43. The van der Waals surface area contributed by atoms with Crippen LogP contribution in [0, 0.1) is 0 Å². The van der Waals surface area contributed by atoms with Crippen molar-refractivity contribution in [1.82, 2.24) is 10.2 Å². The number of carbonyl (C=O) groups excluding carboxylic acids is 2. The van der Waals surface area contributed by atoms with Crippen LogP contribution in [0.4, 0.5) is 0 Å². The summed E-state index contributed by atoms with van der Waals surface area (Å²) in [5.74, 6) is 0.154. The van der Waals surface area contributed by atoms with E-state index in [9.17, 15) is 14.7 Å². The van der Waals surface area contributed by atoms with Gasteiger partial charge in [-0.15, -0.1) is 0 Å². The van der Waals surface area contributed by atoms with Crippen LogP contribution in [0.1, 0.15) is 38.2 Å². The summed E-state index contributed by atoms with van der Waals surface area (Å²) in [7, 11) is 0. The molecule has 1 aromatic rings. The molecule has 1 unspecified atom stereocenters. The monoisotopic (exact) mass is 288 g/mol. The standard InChI is InChI=1S/C16H20N2O3/c1-11-14(20)18(10-12-4-6-13(19)7-5-12)16(15(21)17-11)8-2-3-9-16/h4-7,11,19H,2-3,8-10H2,1H3,(H,17,21). The number of phenols is 1. The Kier molecular flexibility index (Phi) is 3.35. The Morgan fingerprint density at radius 2 is 1.86 bits per heavy atom. The lowest BCUT2D eigenvalue weighted by atomic mass is 9.89. The van der Waals surface area contributed by atoms with Gasteiger partial charge in [0, 0.05) is 6.54 Å². The first-order valence-electron chi connectivity index (χ1n) is 7.43. The van der Waals surface area contributed by atoms with E-state index in [2.05, 4.69) is 5.32 Å². The molecule has 1 saturated carbocycles. The van der Waals surface area contributed by atoms with E-state index in [1.54, 1.807) is 36.1 Å². The normalized spacial score (nSPS) is 24.4. The molecule has 2 aliphatic rings. The highest BCUT2D eigenvalue weighted by Gasteiger charge is 2.52. The van der Waals surface area contributed by atoms with Gasteiger partial charge in [0.15, 0.2) is 0 Å². The van der Waals surface area contributed by atoms with Crippen LogP contribution >= 0.6 is 0 Å². The van der Waals surface area contributed by atoms with E-state index in [0.29, 0.717) is 6.54 Å². The molecular formula is C16H20N2O3. The molecule has 1 spiro atoms. The number of carbonyl (C=O) groups is 2. The average molecular weight is 288 g/mol. The number of aromatic hydroxyl groups is 1. The van der Waals surface area contributed by atoms with E-state index < -0.39 is 11.6 Å². The Balaban J connectivity index is 1.92. The molecule has 21 heavy (non-hydrogen) atoms. The number of piperazine rings is 1. The Morgan fingerprint density at radius 3 is 2.48 bits per heavy atom. The summed E-state index contributed by atoms with van der Waals surface area (Å²) < 4.78 is 0. The molecule has 2 fully saturated rings. The van der Waals surface area contributed by atoms with Gasteiger partial charge in [-0.1, -0.05) is 25.0 Å². The predicted molar refractivity (Wildman–Crippen MR) is 77.5 cm³/mol. The largest absolute Gasteiger partial charge is 0.508 e. The highest BCUT2D eigenvalue weighted by molar-refractivity contribution is 5.99. The summed E-state index contributed by atoms with van der Waals surface area (Å²) in [6.45, 7) is 2.14. The maximum Gasteiger partial charge on any atom is 0.246 e. The number of nitrogens with zero attached hydrogens (tertiary/aromatic N) is 1. The van der Waals surface area contributed by atoms with Crippen LogP contribution in [0.25, 0.3) is 0 Å². The maximum atomic E-state index is 12.6. The zero-order chi connectivity index (χ0) is 15.0. The molecular weight excluding hydrogens is 268 g/mol. The molecule has 1 heterocycles.